The Morgan fingerprint density at radius 2 is 1.97 bits per heavy atom. The lowest BCUT2D eigenvalue weighted by Crippen LogP contribution is -2.22. The third-order valence-electron chi connectivity index (χ3n) is 6.60. The van der Waals surface area contributed by atoms with Gasteiger partial charge in [0.1, 0.15) is 11.7 Å². The summed E-state index contributed by atoms with van der Waals surface area (Å²) < 4.78 is 7.75. The molecule has 0 bridgehead atoms. The number of fused-ring (bicyclic) bond motifs is 1. The zero-order chi connectivity index (χ0) is 27.8. The van der Waals surface area contributed by atoms with Gasteiger partial charge in [0.05, 0.1) is 12.2 Å². The molecular weight excluding hydrogens is 484 g/mol. The summed E-state index contributed by atoms with van der Waals surface area (Å²) in [5.41, 5.74) is 4.14. The highest BCUT2D eigenvalue weighted by Gasteiger charge is 2.24. The highest BCUT2D eigenvalue weighted by molar-refractivity contribution is 6.09. The van der Waals surface area contributed by atoms with Gasteiger partial charge in [-0.1, -0.05) is 19.1 Å². The standard InChI is InChI=1S/C29H34N4O5/c1-19(13-27(36)37)12-26(35)28-24-15-22(16-30)17-31-29(24)33(4)25(28)10-5-6-11-38-18-21-8-7-9-23(14-21)32(3)20(2)34/h7-9,14-15,17,19H,5-6,10-13,18H2,1-4H3,(H,36,37)/t19-/m0/s1. The molecule has 1 atom stereocenters. The van der Waals surface area contributed by atoms with E-state index in [0.29, 0.717) is 41.8 Å². The molecule has 0 aliphatic heterocycles. The van der Waals surface area contributed by atoms with Crippen LogP contribution < -0.4 is 4.90 Å². The zero-order valence-electron chi connectivity index (χ0n) is 22.4. The molecular formula is C29H34N4O5. The number of aryl methyl sites for hydroxylation is 1. The van der Waals surface area contributed by atoms with Gasteiger partial charge in [-0.3, -0.25) is 14.4 Å². The van der Waals surface area contributed by atoms with Gasteiger partial charge >= 0.3 is 5.97 Å². The number of carboxylic acid groups (broad SMARTS) is 1. The molecule has 1 N–H and O–H groups in total. The van der Waals surface area contributed by atoms with Crippen LogP contribution in [-0.4, -0.2) is 46.0 Å². The number of ether oxygens (including phenoxy) is 1. The fraction of sp³-hybridized carbons (Fsp3) is 0.414. The van der Waals surface area contributed by atoms with Crippen LogP contribution in [0.15, 0.2) is 36.5 Å². The summed E-state index contributed by atoms with van der Waals surface area (Å²) in [5.74, 6) is -1.42. The van der Waals surface area contributed by atoms with Crippen molar-refractivity contribution < 1.29 is 24.2 Å². The van der Waals surface area contributed by atoms with Gasteiger partial charge in [0.2, 0.25) is 5.91 Å². The summed E-state index contributed by atoms with van der Waals surface area (Å²) in [5, 5.41) is 19.1. The SMILES string of the molecule is CC(=O)N(C)c1cccc(COCCCCc2c(C(=O)C[C@H](C)CC(=O)O)c3cc(C#N)cnc3n2C)c1. The van der Waals surface area contributed by atoms with Crippen LogP contribution in [0.2, 0.25) is 0 Å². The van der Waals surface area contributed by atoms with E-state index < -0.39 is 5.97 Å². The lowest BCUT2D eigenvalue weighted by molar-refractivity contribution is -0.137. The van der Waals surface area contributed by atoms with Gasteiger partial charge in [0, 0.05) is 69.0 Å². The predicted octanol–water partition coefficient (Wildman–Crippen LogP) is 4.65. The number of ketones is 1. The molecule has 9 heteroatoms. The minimum Gasteiger partial charge on any atom is -0.481 e. The lowest BCUT2D eigenvalue weighted by atomic mass is 9.94. The molecule has 38 heavy (non-hydrogen) atoms. The number of aliphatic carboxylic acids is 1. The summed E-state index contributed by atoms with van der Waals surface area (Å²) in [7, 11) is 3.59. The second kappa shape index (κ2) is 13.0. The van der Waals surface area contributed by atoms with Crippen LogP contribution in [-0.2, 0) is 34.4 Å². The minimum absolute atomic E-state index is 0.0374. The average Bonchev–Trinajstić information content (AvgIpc) is 3.15. The van der Waals surface area contributed by atoms with E-state index >= 15 is 0 Å². The van der Waals surface area contributed by atoms with E-state index in [1.54, 1.807) is 24.9 Å². The fourth-order valence-electron chi connectivity index (χ4n) is 4.54. The first-order chi connectivity index (χ1) is 18.1. The smallest absolute Gasteiger partial charge is 0.303 e. The number of Topliss-reactive ketones (excluding diaryl/α,β-unsaturated/α-hetero) is 1. The van der Waals surface area contributed by atoms with Crippen LogP contribution in [0.3, 0.4) is 0 Å². The molecule has 200 valence electrons. The Kier molecular flexibility index (Phi) is 9.74. The number of benzene rings is 1. The van der Waals surface area contributed by atoms with E-state index in [2.05, 4.69) is 11.1 Å². The van der Waals surface area contributed by atoms with Crippen LogP contribution in [0.25, 0.3) is 11.0 Å². The normalized spacial score (nSPS) is 11.8. The maximum absolute atomic E-state index is 13.3. The van der Waals surface area contributed by atoms with Crippen molar-refractivity contribution in [3.63, 3.8) is 0 Å². The topological polar surface area (TPSA) is 126 Å². The third-order valence-corrected chi connectivity index (χ3v) is 6.60. The number of pyridine rings is 1. The van der Waals surface area contributed by atoms with E-state index in [1.165, 1.54) is 13.1 Å². The predicted molar refractivity (Wildman–Crippen MR) is 144 cm³/mol. The Morgan fingerprint density at radius 1 is 1.21 bits per heavy atom. The average molecular weight is 519 g/mol. The van der Waals surface area contributed by atoms with E-state index in [9.17, 15) is 19.6 Å². The Hall–Kier alpha value is -4.03. The summed E-state index contributed by atoms with van der Waals surface area (Å²) in [6, 6.07) is 11.4. The molecule has 9 nitrogen and oxygen atoms in total. The van der Waals surface area contributed by atoms with Crippen molar-refractivity contribution in [2.75, 3.05) is 18.6 Å². The van der Waals surface area contributed by atoms with Crippen LogP contribution >= 0.6 is 0 Å². The van der Waals surface area contributed by atoms with Crippen molar-refractivity contribution in [3.8, 4) is 6.07 Å². The number of hydrogen-bond donors (Lipinski definition) is 1. The maximum atomic E-state index is 13.3. The highest BCUT2D eigenvalue weighted by Crippen LogP contribution is 2.29. The summed E-state index contributed by atoms with van der Waals surface area (Å²) >= 11 is 0. The molecule has 3 rings (SSSR count). The molecule has 1 aromatic carbocycles. The number of nitriles is 1. The molecule has 0 saturated heterocycles. The Labute approximate surface area is 222 Å². The first-order valence-corrected chi connectivity index (χ1v) is 12.7. The van der Waals surface area contributed by atoms with Crippen molar-refractivity contribution in [1.29, 1.82) is 5.26 Å². The van der Waals surface area contributed by atoms with E-state index in [-0.39, 0.29) is 30.4 Å². The largest absolute Gasteiger partial charge is 0.481 e. The van der Waals surface area contributed by atoms with Gasteiger partial charge < -0.3 is 19.3 Å². The molecule has 0 fully saturated rings. The molecule has 0 aliphatic rings. The van der Waals surface area contributed by atoms with Gasteiger partial charge in [-0.05, 0) is 48.9 Å². The summed E-state index contributed by atoms with van der Waals surface area (Å²) in [6.07, 6.45) is 3.67. The molecule has 2 heterocycles. The number of carboxylic acids is 1. The van der Waals surface area contributed by atoms with E-state index in [0.717, 1.165) is 29.8 Å². The minimum atomic E-state index is -0.936. The Morgan fingerprint density at radius 3 is 2.66 bits per heavy atom. The van der Waals surface area contributed by atoms with Crippen LogP contribution in [0.1, 0.15) is 66.7 Å². The zero-order valence-corrected chi connectivity index (χ0v) is 22.4. The molecule has 0 aliphatic carbocycles. The highest BCUT2D eigenvalue weighted by atomic mass is 16.5. The van der Waals surface area contributed by atoms with Crippen molar-refractivity contribution in [2.45, 2.75) is 52.6 Å². The number of amides is 1. The number of anilines is 1. The molecule has 0 spiro atoms. The number of carbonyl (C=O) groups is 3. The summed E-state index contributed by atoms with van der Waals surface area (Å²) in [4.78, 5) is 42.0. The number of hydrogen-bond acceptors (Lipinski definition) is 6. The molecule has 0 unspecified atom stereocenters. The molecule has 3 aromatic rings. The second-order valence-electron chi connectivity index (χ2n) is 9.68. The molecule has 1 amide bonds. The van der Waals surface area contributed by atoms with Gasteiger partial charge in [-0.15, -0.1) is 0 Å². The van der Waals surface area contributed by atoms with Crippen molar-refractivity contribution in [2.24, 2.45) is 13.0 Å². The number of unbranched alkanes of at least 4 members (excludes halogenated alkanes) is 1. The monoisotopic (exact) mass is 518 g/mol. The second-order valence-corrected chi connectivity index (χ2v) is 9.68. The van der Waals surface area contributed by atoms with Crippen LogP contribution in [0.5, 0.6) is 0 Å². The van der Waals surface area contributed by atoms with Gasteiger partial charge in [0.15, 0.2) is 5.78 Å². The van der Waals surface area contributed by atoms with Gasteiger partial charge in [0.25, 0.3) is 0 Å². The van der Waals surface area contributed by atoms with E-state index in [4.69, 9.17) is 9.84 Å². The van der Waals surface area contributed by atoms with Crippen molar-refractivity contribution in [3.05, 3.63) is 58.9 Å². The quantitative estimate of drug-likeness (QED) is 0.258. The number of aromatic nitrogens is 2. The Balaban J connectivity index is 1.67. The van der Waals surface area contributed by atoms with Crippen molar-refractivity contribution >= 4 is 34.4 Å². The first kappa shape index (κ1) is 28.5. The van der Waals surface area contributed by atoms with Gasteiger partial charge in [-0.2, -0.15) is 5.26 Å². The molecule has 2 aromatic heterocycles. The number of rotatable bonds is 13. The fourth-order valence-corrected chi connectivity index (χ4v) is 4.54. The molecule has 0 saturated carbocycles. The number of carbonyl (C=O) groups excluding carboxylic acids is 2. The van der Waals surface area contributed by atoms with Gasteiger partial charge in [-0.25, -0.2) is 4.98 Å². The maximum Gasteiger partial charge on any atom is 0.303 e. The lowest BCUT2D eigenvalue weighted by Gasteiger charge is -2.16. The number of nitrogens with zero attached hydrogens (tertiary/aromatic N) is 4. The first-order valence-electron chi connectivity index (χ1n) is 12.7. The third kappa shape index (κ3) is 7.05. The van der Waals surface area contributed by atoms with E-state index in [1.807, 2.05) is 35.9 Å². The Bertz CT molecular complexity index is 1370. The van der Waals surface area contributed by atoms with Crippen molar-refractivity contribution in [1.82, 2.24) is 9.55 Å². The summed E-state index contributed by atoms with van der Waals surface area (Å²) in [6.45, 7) is 4.24. The van der Waals surface area contributed by atoms with Crippen LogP contribution in [0, 0.1) is 17.2 Å². The molecule has 0 radical (unpaired) electrons. The van der Waals surface area contributed by atoms with Crippen LogP contribution in [0.4, 0.5) is 5.69 Å².